The number of phenols is 1. The molecule has 1 amide bonds. The van der Waals surface area contributed by atoms with Crippen LogP contribution in [0.2, 0.25) is 0 Å². The van der Waals surface area contributed by atoms with Crippen LogP contribution in [0.1, 0.15) is 30.6 Å². The largest absolute Gasteiger partial charge is 0.503 e. The van der Waals surface area contributed by atoms with Crippen molar-refractivity contribution in [3.05, 3.63) is 29.1 Å². The van der Waals surface area contributed by atoms with E-state index >= 15 is 0 Å². The van der Waals surface area contributed by atoms with E-state index in [0.29, 0.717) is 0 Å². The fourth-order valence-electron chi connectivity index (χ4n) is 1.76. The first-order valence-electron chi connectivity index (χ1n) is 6.24. The number of phenolic OH excluding ortho intramolecular Hbond substituents is 1. The number of carbonyl (C=O) groups is 1. The molecule has 0 bridgehead atoms. The first-order chi connectivity index (χ1) is 10.0. The third-order valence-corrected chi connectivity index (χ3v) is 3.23. The number of amides is 1. The zero-order chi connectivity index (χ0) is 17.2. The maximum atomic E-state index is 13.5. The number of hydrogen-bond donors (Lipinski definition) is 2. The molecule has 0 spiro atoms. The summed E-state index contributed by atoms with van der Waals surface area (Å²) in [7, 11) is 0. The van der Waals surface area contributed by atoms with Gasteiger partial charge in [-0.05, 0) is 12.0 Å². The molecule has 0 saturated heterocycles. The summed E-state index contributed by atoms with van der Waals surface area (Å²) in [5.74, 6) is -9.90. The Balaban J connectivity index is 3.16. The quantitative estimate of drug-likeness (QED) is 0.656. The Labute approximate surface area is 121 Å². The van der Waals surface area contributed by atoms with E-state index < -0.39 is 52.8 Å². The fraction of sp³-hybridized carbons (Fsp3) is 0.462. The lowest BCUT2D eigenvalue weighted by Crippen LogP contribution is -2.49. The molecular weight excluding hydrogens is 316 g/mol. The first-order valence-corrected chi connectivity index (χ1v) is 6.24. The molecule has 1 rings (SSSR count). The lowest BCUT2D eigenvalue weighted by Gasteiger charge is -2.26. The maximum absolute atomic E-state index is 13.5. The van der Waals surface area contributed by atoms with Gasteiger partial charge in [0.05, 0.1) is 5.56 Å². The molecule has 22 heavy (non-hydrogen) atoms. The van der Waals surface area contributed by atoms with Crippen molar-refractivity contribution in [3.63, 3.8) is 0 Å². The van der Waals surface area contributed by atoms with Crippen LogP contribution in [-0.4, -0.2) is 23.2 Å². The van der Waals surface area contributed by atoms with E-state index in [0.717, 1.165) is 0 Å². The number of alkyl halides is 3. The maximum Gasteiger partial charge on any atom is 0.408 e. The van der Waals surface area contributed by atoms with Crippen molar-refractivity contribution in [2.45, 2.75) is 32.5 Å². The molecule has 1 aromatic carbocycles. The molecule has 124 valence electrons. The summed E-state index contributed by atoms with van der Waals surface area (Å²) in [5.41, 5.74) is -1.21. The van der Waals surface area contributed by atoms with Crippen LogP contribution in [-0.2, 0) is 0 Å². The van der Waals surface area contributed by atoms with Gasteiger partial charge in [0.15, 0.2) is 17.4 Å². The molecule has 2 N–H and O–H groups in total. The molecule has 0 heterocycles. The Kier molecular flexibility index (Phi) is 5.31. The third-order valence-electron chi connectivity index (χ3n) is 3.23. The van der Waals surface area contributed by atoms with E-state index in [-0.39, 0.29) is 12.5 Å². The number of aromatic hydroxyl groups is 1. The number of carbonyl (C=O) groups excluding carboxylic acids is 1. The molecule has 0 unspecified atom stereocenters. The monoisotopic (exact) mass is 329 g/mol. The summed E-state index contributed by atoms with van der Waals surface area (Å²) < 4.78 is 78.1. The van der Waals surface area contributed by atoms with Gasteiger partial charge in [-0.3, -0.25) is 4.79 Å². The predicted molar refractivity (Wildman–Crippen MR) is 64.7 cm³/mol. The summed E-state index contributed by atoms with van der Waals surface area (Å²) in [4.78, 5) is 11.7. The van der Waals surface area contributed by atoms with E-state index in [1.165, 1.54) is 19.2 Å². The second kappa shape index (κ2) is 6.45. The highest BCUT2D eigenvalue weighted by molar-refractivity contribution is 5.95. The zero-order valence-corrected chi connectivity index (χ0v) is 11.6. The van der Waals surface area contributed by atoms with Gasteiger partial charge >= 0.3 is 6.18 Å². The van der Waals surface area contributed by atoms with Gasteiger partial charge in [-0.2, -0.15) is 17.6 Å². The van der Waals surface area contributed by atoms with Crippen molar-refractivity contribution in [1.82, 2.24) is 5.32 Å². The van der Waals surface area contributed by atoms with Crippen LogP contribution in [0.15, 0.2) is 6.07 Å². The lowest BCUT2D eigenvalue weighted by molar-refractivity contribution is -0.164. The Morgan fingerprint density at radius 1 is 1.27 bits per heavy atom. The van der Waals surface area contributed by atoms with Crippen LogP contribution in [0, 0.1) is 23.4 Å². The second-order valence-electron chi connectivity index (χ2n) is 4.76. The molecule has 0 aliphatic rings. The number of rotatable bonds is 4. The van der Waals surface area contributed by atoms with Crippen molar-refractivity contribution in [1.29, 1.82) is 0 Å². The average Bonchev–Trinajstić information content (AvgIpc) is 2.44. The Bertz CT molecular complexity index is 573. The molecule has 0 radical (unpaired) electrons. The van der Waals surface area contributed by atoms with Crippen LogP contribution in [0.3, 0.4) is 0 Å². The lowest BCUT2D eigenvalue weighted by atomic mass is 9.98. The van der Waals surface area contributed by atoms with Crippen molar-refractivity contribution in [2.24, 2.45) is 5.92 Å². The zero-order valence-electron chi connectivity index (χ0n) is 11.6. The van der Waals surface area contributed by atoms with Crippen molar-refractivity contribution < 1.29 is 36.2 Å². The highest BCUT2D eigenvalue weighted by atomic mass is 19.4. The van der Waals surface area contributed by atoms with Crippen LogP contribution in [0.4, 0.5) is 26.3 Å². The normalized spacial score (nSPS) is 14.5. The molecule has 9 heteroatoms. The van der Waals surface area contributed by atoms with Gasteiger partial charge in [0.2, 0.25) is 5.82 Å². The van der Waals surface area contributed by atoms with Gasteiger partial charge in [0.25, 0.3) is 5.91 Å². The molecule has 0 aliphatic heterocycles. The van der Waals surface area contributed by atoms with Gasteiger partial charge in [-0.1, -0.05) is 20.3 Å². The number of benzene rings is 1. The highest BCUT2D eigenvalue weighted by Crippen LogP contribution is 2.29. The molecule has 3 nitrogen and oxygen atoms in total. The standard InChI is InChI=1S/C13H13F6NO2/c1-3-5(2)11(13(17,18)19)20-12(22)6-4-7(14)9(16)10(21)8(6)15/h4-5,11,21H,3H2,1-2H3,(H,20,22)/t5-,11+/m0/s1. The predicted octanol–water partition coefficient (Wildman–Crippen LogP) is 3.52. The summed E-state index contributed by atoms with van der Waals surface area (Å²) in [5, 5.41) is 10.5. The van der Waals surface area contributed by atoms with Crippen LogP contribution in [0.25, 0.3) is 0 Å². The van der Waals surface area contributed by atoms with Crippen LogP contribution >= 0.6 is 0 Å². The summed E-state index contributed by atoms with van der Waals surface area (Å²) in [6.07, 6.45) is -4.74. The van der Waals surface area contributed by atoms with Crippen molar-refractivity contribution >= 4 is 5.91 Å². The van der Waals surface area contributed by atoms with E-state index in [4.69, 9.17) is 5.11 Å². The van der Waals surface area contributed by atoms with Gasteiger partial charge in [-0.25, -0.2) is 8.78 Å². The smallest absolute Gasteiger partial charge is 0.408 e. The molecule has 0 saturated carbocycles. The SMILES string of the molecule is CC[C@H](C)[C@@H](NC(=O)c1cc(F)c(F)c(O)c1F)C(F)(F)F. The minimum atomic E-state index is -4.80. The van der Waals surface area contributed by atoms with Gasteiger partial charge < -0.3 is 10.4 Å². The average molecular weight is 329 g/mol. The highest BCUT2D eigenvalue weighted by Gasteiger charge is 2.44. The minimum absolute atomic E-state index is 0.0654. The van der Waals surface area contributed by atoms with Crippen LogP contribution < -0.4 is 5.32 Å². The van der Waals surface area contributed by atoms with E-state index in [1.807, 2.05) is 0 Å². The van der Waals surface area contributed by atoms with Crippen molar-refractivity contribution in [3.8, 4) is 5.75 Å². The fourth-order valence-corrected chi connectivity index (χ4v) is 1.76. The Morgan fingerprint density at radius 3 is 2.27 bits per heavy atom. The Hall–Kier alpha value is -1.93. The summed E-state index contributed by atoms with van der Waals surface area (Å²) in [6.45, 7) is 2.68. The topological polar surface area (TPSA) is 49.3 Å². The number of hydrogen-bond acceptors (Lipinski definition) is 2. The van der Waals surface area contributed by atoms with Gasteiger partial charge in [0.1, 0.15) is 6.04 Å². The molecule has 0 aliphatic carbocycles. The summed E-state index contributed by atoms with van der Waals surface area (Å²) in [6, 6.07) is -2.20. The molecular formula is C13H13F6NO2. The van der Waals surface area contributed by atoms with E-state index in [1.54, 1.807) is 0 Å². The van der Waals surface area contributed by atoms with E-state index in [2.05, 4.69) is 0 Å². The third kappa shape index (κ3) is 3.63. The first kappa shape index (κ1) is 18.1. The molecule has 0 aromatic heterocycles. The van der Waals surface area contributed by atoms with Crippen LogP contribution in [0.5, 0.6) is 5.75 Å². The number of nitrogens with one attached hydrogen (secondary N) is 1. The molecule has 2 atom stereocenters. The van der Waals surface area contributed by atoms with E-state index in [9.17, 15) is 31.1 Å². The summed E-state index contributed by atoms with van der Waals surface area (Å²) >= 11 is 0. The Morgan fingerprint density at radius 2 is 1.82 bits per heavy atom. The second-order valence-corrected chi connectivity index (χ2v) is 4.76. The number of halogens is 6. The molecule has 0 fully saturated rings. The molecule has 1 aromatic rings. The van der Waals surface area contributed by atoms with Gasteiger partial charge in [-0.15, -0.1) is 0 Å². The van der Waals surface area contributed by atoms with Gasteiger partial charge in [0, 0.05) is 0 Å². The van der Waals surface area contributed by atoms with Crippen molar-refractivity contribution in [2.75, 3.05) is 0 Å². The minimum Gasteiger partial charge on any atom is -0.503 e.